The summed E-state index contributed by atoms with van der Waals surface area (Å²) in [5.41, 5.74) is 0.908. The normalized spacial score (nSPS) is 10.6. The van der Waals surface area contributed by atoms with Crippen LogP contribution in [0.1, 0.15) is 55.8 Å². The van der Waals surface area contributed by atoms with Crippen molar-refractivity contribution in [2.24, 2.45) is 0 Å². The molecule has 0 amide bonds. The lowest BCUT2D eigenvalue weighted by Gasteiger charge is -2.07. The van der Waals surface area contributed by atoms with E-state index in [9.17, 15) is 14.4 Å². The molecule has 0 heterocycles. The van der Waals surface area contributed by atoms with Crippen LogP contribution in [0.5, 0.6) is 0 Å². The van der Waals surface area contributed by atoms with Crippen LogP contribution in [-0.4, -0.2) is 50.9 Å². The van der Waals surface area contributed by atoms with E-state index in [-0.39, 0.29) is 31.6 Å². The minimum Gasteiger partial charge on any atom is -0.466 e. The van der Waals surface area contributed by atoms with Crippen molar-refractivity contribution in [2.45, 2.75) is 45.4 Å². The third kappa shape index (κ3) is 10.6. The number of esters is 3. The fraction of sp³-hybridized carbons (Fsp3) is 0.444. The average Bonchev–Trinajstić information content (AvgIpc) is 2.84. The fourth-order valence-corrected chi connectivity index (χ4v) is 3.12. The number of unbranched alkanes of at least 4 members (excludes halogenated alkanes) is 3. The zero-order chi connectivity index (χ0) is 24.6. The zero-order valence-electron chi connectivity index (χ0n) is 19.9. The van der Waals surface area contributed by atoms with E-state index in [1.807, 2.05) is 36.4 Å². The van der Waals surface area contributed by atoms with Crippen LogP contribution in [0.25, 0.3) is 10.8 Å². The Morgan fingerprint density at radius 3 is 2.18 bits per heavy atom. The number of ether oxygens (including phenoxy) is 4. The third-order valence-electron chi connectivity index (χ3n) is 5.00. The van der Waals surface area contributed by atoms with Gasteiger partial charge >= 0.3 is 17.9 Å². The van der Waals surface area contributed by atoms with Crippen LogP contribution in [0.15, 0.2) is 54.6 Å². The molecule has 0 unspecified atom stereocenters. The standard InChI is InChI=1S/C27H34O7/c1-21(2)26(29)34-19-18-31-15-9-12-25(28)32-16-7-3-4-8-17-33-27(30)24-14-13-22-10-5-6-11-23(22)20-24/h5-6,10-11,13-14,20H,1,3-4,7-9,12,15-19H2,2H3. The van der Waals surface area contributed by atoms with Gasteiger partial charge in [-0.1, -0.05) is 36.9 Å². The summed E-state index contributed by atoms with van der Waals surface area (Å²) in [6, 6.07) is 13.4. The molecule has 2 aromatic rings. The Labute approximate surface area is 201 Å². The van der Waals surface area contributed by atoms with E-state index in [0.717, 1.165) is 36.5 Å². The van der Waals surface area contributed by atoms with Crippen molar-refractivity contribution in [1.82, 2.24) is 0 Å². The summed E-state index contributed by atoms with van der Waals surface area (Å²) in [5.74, 6) is -0.993. The molecule has 0 fully saturated rings. The number of fused-ring (bicyclic) bond motifs is 1. The molecule has 0 aromatic heterocycles. The molecule has 0 N–H and O–H groups in total. The quantitative estimate of drug-likeness (QED) is 0.147. The number of rotatable bonds is 16. The maximum absolute atomic E-state index is 12.2. The van der Waals surface area contributed by atoms with E-state index in [1.54, 1.807) is 13.0 Å². The van der Waals surface area contributed by atoms with Crippen molar-refractivity contribution in [3.63, 3.8) is 0 Å². The minimum atomic E-state index is -0.436. The van der Waals surface area contributed by atoms with Gasteiger partial charge in [0.25, 0.3) is 0 Å². The van der Waals surface area contributed by atoms with Crippen molar-refractivity contribution < 1.29 is 33.3 Å². The van der Waals surface area contributed by atoms with Crippen molar-refractivity contribution in [3.8, 4) is 0 Å². The predicted molar refractivity (Wildman–Crippen MR) is 129 cm³/mol. The molecule has 7 heteroatoms. The summed E-state index contributed by atoms with van der Waals surface area (Å²) in [6.07, 6.45) is 4.17. The fourth-order valence-electron chi connectivity index (χ4n) is 3.12. The second kappa shape index (κ2) is 15.6. The van der Waals surface area contributed by atoms with Gasteiger partial charge in [0.15, 0.2) is 0 Å². The van der Waals surface area contributed by atoms with Gasteiger partial charge in [-0.3, -0.25) is 4.79 Å². The number of benzene rings is 2. The number of carbonyl (C=O) groups is 3. The van der Waals surface area contributed by atoms with E-state index < -0.39 is 5.97 Å². The van der Waals surface area contributed by atoms with Gasteiger partial charge in [0, 0.05) is 18.6 Å². The van der Waals surface area contributed by atoms with Crippen molar-refractivity contribution in [1.29, 1.82) is 0 Å². The van der Waals surface area contributed by atoms with Crippen LogP contribution < -0.4 is 0 Å². The van der Waals surface area contributed by atoms with Gasteiger partial charge in [-0.05, 0) is 61.9 Å². The molecule has 0 aliphatic carbocycles. The molecule has 7 nitrogen and oxygen atoms in total. The lowest BCUT2D eigenvalue weighted by atomic mass is 10.1. The minimum absolute atomic E-state index is 0.165. The first-order valence-electron chi connectivity index (χ1n) is 11.7. The summed E-state index contributed by atoms with van der Waals surface area (Å²) in [6.45, 7) is 6.68. The first kappa shape index (κ1) is 27.1. The summed E-state index contributed by atoms with van der Waals surface area (Å²) < 4.78 is 20.8. The predicted octanol–water partition coefficient (Wildman–Crippen LogP) is 5.02. The Balaban J connectivity index is 1.41. The SMILES string of the molecule is C=C(C)C(=O)OCCOCCCC(=O)OCCCCCCOC(=O)c1ccc2ccccc2c1. The average molecular weight is 471 g/mol. The first-order valence-corrected chi connectivity index (χ1v) is 11.7. The molecular weight excluding hydrogens is 436 g/mol. The Kier molecular flexibility index (Phi) is 12.4. The molecule has 0 radical (unpaired) electrons. The largest absolute Gasteiger partial charge is 0.466 e. The van der Waals surface area contributed by atoms with E-state index >= 15 is 0 Å². The maximum Gasteiger partial charge on any atom is 0.338 e. The second-order valence-electron chi connectivity index (χ2n) is 7.96. The Hall–Kier alpha value is -3.19. The van der Waals surface area contributed by atoms with Crippen molar-refractivity contribution in [3.05, 3.63) is 60.2 Å². The van der Waals surface area contributed by atoms with Gasteiger partial charge in [-0.15, -0.1) is 0 Å². The molecule has 0 aliphatic rings. The van der Waals surface area contributed by atoms with Gasteiger partial charge in [-0.25, -0.2) is 9.59 Å². The Morgan fingerprint density at radius 2 is 1.44 bits per heavy atom. The van der Waals surface area contributed by atoms with Crippen LogP contribution in [0, 0.1) is 0 Å². The van der Waals surface area contributed by atoms with E-state index in [1.165, 1.54) is 0 Å². The summed E-state index contributed by atoms with van der Waals surface area (Å²) in [7, 11) is 0. The van der Waals surface area contributed by atoms with E-state index in [0.29, 0.717) is 37.4 Å². The number of hydrogen-bond acceptors (Lipinski definition) is 7. The highest BCUT2D eigenvalue weighted by Gasteiger charge is 2.08. The molecule has 184 valence electrons. The zero-order valence-corrected chi connectivity index (χ0v) is 19.9. The van der Waals surface area contributed by atoms with Gasteiger partial charge in [-0.2, -0.15) is 0 Å². The Bertz CT molecular complexity index is 951. The number of carbonyl (C=O) groups excluding carboxylic acids is 3. The maximum atomic E-state index is 12.2. The molecular formula is C27H34O7. The summed E-state index contributed by atoms with van der Waals surface area (Å²) in [5, 5.41) is 2.10. The summed E-state index contributed by atoms with van der Waals surface area (Å²) >= 11 is 0. The molecule has 0 bridgehead atoms. The highest BCUT2D eigenvalue weighted by Crippen LogP contribution is 2.16. The Morgan fingerprint density at radius 1 is 0.735 bits per heavy atom. The number of hydrogen-bond donors (Lipinski definition) is 0. The monoisotopic (exact) mass is 470 g/mol. The van der Waals surface area contributed by atoms with Crippen LogP contribution in [0.2, 0.25) is 0 Å². The lowest BCUT2D eigenvalue weighted by molar-refractivity contribution is -0.144. The molecule has 0 saturated carbocycles. The molecule has 34 heavy (non-hydrogen) atoms. The summed E-state index contributed by atoms with van der Waals surface area (Å²) in [4.78, 5) is 35.1. The van der Waals surface area contributed by atoms with E-state index in [4.69, 9.17) is 18.9 Å². The van der Waals surface area contributed by atoms with Crippen LogP contribution in [0.3, 0.4) is 0 Å². The van der Waals surface area contributed by atoms with Crippen LogP contribution in [0.4, 0.5) is 0 Å². The smallest absolute Gasteiger partial charge is 0.338 e. The molecule has 0 aliphatic heterocycles. The molecule has 2 aromatic carbocycles. The van der Waals surface area contributed by atoms with E-state index in [2.05, 4.69) is 6.58 Å². The first-order chi connectivity index (χ1) is 16.5. The van der Waals surface area contributed by atoms with Crippen LogP contribution in [-0.2, 0) is 28.5 Å². The van der Waals surface area contributed by atoms with Gasteiger partial charge < -0.3 is 18.9 Å². The second-order valence-corrected chi connectivity index (χ2v) is 7.96. The highest BCUT2D eigenvalue weighted by molar-refractivity contribution is 5.95. The molecule has 0 atom stereocenters. The molecule has 2 rings (SSSR count). The third-order valence-corrected chi connectivity index (χ3v) is 5.00. The lowest BCUT2D eigenvalue weighted by Crippen LogP contribution is -2.12. The van der Waals surface area contributed by atoms with Crippen LogP contribution >= 0.6 is 0 Å². The molecule has 0 saturated heterocycles. The van der Waals surface area contributed by atoms with Crippen molar-refractivity contribution >= 4 is 28.7 Å². The van der Waals surface area contributed by atoms with Gasteiger partial charge in [0.1, 0.15) is 6.61 Å². The van der Waals surface area contributed by atoms with Crippen molar-refractivity contribution in [2.75, 3.05) is 33.0 Å². The topological polar surface area (TPSA) is 88.1 Å². The molecule has 0 spiro atoms. The van der Waals surface area contributed by atoms with Gasteiger partial charge in [0.05, 0.1) is 25.4 Å². The van der Waals surface area contributed by atoms with Gasteiger partial charge in [0.2, 0.25) is 0 Å². The highest BCUT2D eigenvalue weighted by atomic mass is 16.6.